The van der Waals surface area contributed by atoms with Gasteiger partial charge >= 0.3 is 5.97 Å². The molecule has 4 aliphatic rings. The molecule has 0 radical (unpaired) electrons. The maximum atomic E-state index is 15.0. The fourth-order valence-corrected chi connectivity index (χ4v) is 7.65. The number of nitrogens with one attached hydrogen (secondary N) is 1. The molecule has 6 rings (SSSR count). The quantitative estimate of drug-likeness (QED) is 0.354. The number of ether oxygens (including phenoxy) is 2. The first kappa shape index (κ1) is 32.9. The van der Waals surface area contributed by atoms with Gasteiger partial charge in [-0.2, -0.15) is 0 Å². The van der Waals surface area contributed by atoms with Gasteiger partial charge in [0, 0.05) is 13.0 Å². The van der Waals surface area contributed by atoms with E-state index in [9.17, 15) is 24.3 Å². The number of carbonyl (C=O) groups is 4. The minimum atomic E-state index is -1.47. The van der Waals surface area contributed by atoms with Crippen molar-refractivity contribution >= 4 is 41.0 Å². The molecule has 1 spiro atoms. The average molecular weight is 662 g/mol. The van der Waals surface area contributed by atoms with E-state index in [1.807, 2.05) is 50.3 Å². The molecule has 248 valence electrons. The van der Waals surface area contributed by atoms with Crippen molar-refractivity contribution in [2.75, 3.05) is 24.6 Å². The molecular weight excluding hydrogens is 622 g/mol. The van der Waals surface area contributed by atoms with Crippen LogP contribution in [0.2, 0.25) is 5.02 Å². The van der Waals surface area contributed by atoms with Crippen LogP contribution < -0.4 is 10.2 Å². The van der Waals surface area contributed by atoms with Gasteiger partial charge in [0.15, 0.2) is 0 Å². The summed E-state index contributed by atoms with van der Waals surface area (Å²) in [5, 5.41) is 13.8. The van der Waals surface area contributed by atoms with E-state index in [0.717, 1.165) is 0 Å². The number of fused-ring (bicyclic) bond motifs is 2. The lowest BCUT2D eigenvalue weighted by Gasteiger charge is -2.39. The number of likely N-dealkylation sites (tertiary alicyclic amines) is 1. The number of amides is 3. The van der Waals surface area contributed by atoms with Gasteiger partial charge in [0.25, 0.3) is 5.91 Å². The number of para-hydroxylation sites is 1. The van der Waals surface area contributed by atoms with E-state index in [1.165, 1.54) is 9.80 Å². The predicted octanol–water partition coefficient (Wildman–Crippen LogP) is 3.98. The van der Waals surface area contributed by atoms with Gasteiger partial charge in [-0.25, -0.2) is 0 Å². The molecule has 47 heavy (non-hydrogen) atoms. The van der Waals surface area contributed by atoms with E-state index >= 15 is 0 Å². The van der Waals surface area contributed by atoms with Crippen molar-refractivity contribution in [3.8, 4) is 0 Å². The fourth-order valence-electron chi connectivity index (χ4n) is 7.42. The summed E-state index contributed by atoms with van der Waals surface area (Å²) in [6.07, 6.45) is 6.49. The summed E-state index contributed by atoms with van der Waals surface area (Å²) >= 11 is 6.64. The molecule has 0 aliphatic carbocycles. The Bertz CT molecular complexity index is 1580. The largest absolute Gasteiger partial charge is 0.455 e. The molecule has 2 fully saturated rings. The molecule has 3 amide bonds. The van der Waals surface area contributed by atoms with E-state index in [2.05, 4.69) is 5.32 Å². The highest BCUT2D eigenvalue weighted by Gasteiger charge is 2.74. The zero-order valence-electron chi connectivity index (χ0n) is 26.5. The number of halogens is 1. The zero-order valence-corrected chi connectivity index (χ0v) is 27.2. The van der Waals surface area contributed by atoms with Crippen LogP contribution in [0, 0.1) is 17.8 Å². The number of esters is 1. The third-order valence-corrected chi connectivity index (χ3v) is 9.80. The topological polar surface area (TPSA) is 125 Å². The highest BCUT2D eigenvalue weighted by Crippen LogP contribution is 2.56. The molecule has 2 saturated heterocycles. The Kier molecular flexibility index (Phi) is 9.55. The number of cyclic esters (lactones) is 1. The second kappa shape index (κ2) is 13.6. The van der Waals surface area contributed by atoms with Crippen molar-refractivity contribution in [3.05, 3.63) is 89.5 Å². The number of aliphatic hydroxyl groups excluding tert-OH is 1. The number of nitrogens with zero attached hydrogens (tertiary/aromatic N) is 2. The van der Waals surface area contributed by atoms with Gasteiger partial charge in [0.1, 0.15) is 23.7 Å². The summed E-state index contributed by atoms with van der Waals surface area (Å²) in [5.41, 5.74) is -0.344. The van der Waals surface area contributed by atoms with Gasteiger partial charge in [0.2, 0.25) is 11.8 Å². The van der Waals surface area contributed by atoms with Crippen LogP contribution in [0.4, 0.5) is 5.69 Å². The molecule has 5 bridgehead atoms. The van der Waals surface area contributed by atoms with Crippen LogP contribution in [0.5, 0.6) is 0 Å². The molecule has 2 N–H and O–H groups in total. The lowest BCUT2D eigenvalue weighted by Crippen LogP contribution is -2.59. The van der Waals surface area contributed by atoms with Crippen molar-refractivity contribution in [2.45, 2.75) is 63.0 Å². The Morgan fingerprint density at radius 3 is 2.49 bits per heavy atom. The maximum absolute atomic E-state index is 15.0. The van der Waals surface area contributed by atoms with E-state index in [-0.39, 0.29) is 37.9 Å². The van der Waals surface area contributed by atoms with Gasteiger partial charge in [0.05, 0.1) is 41.9 Å². The Morgan fingerprint density at radius 2 is 1.77 bits per heavy atom. The molecule has 4 heterocycles. The second-order valence-electron chi connectivity index (χ2n) is 13.0. The van der Waals surface area contributed by atoms with Crippen LogP contribution in [0.3, 0.4) is 0 Å². The van der Waals surface area contributed by atoms with Crippen LogP contribution in [0.25, 0.3) is 0 Å². The van der Waals surface area contributed by atoms with Crippen molar-refractivity contribution in [1.82, 2.24) is 10.2 Å². The number of aliphatic hydroxyl groups is 1. The first-order chi connectivity index (χ1) is 22.7. The van der Waals surface area contributed by atoms with E-state index < -0.39 is 59.5 Å². The third kappa shape index (κ3) is 6.10. The van der Waals surface area contributed by atoms with Gasteiger partial charge in [-0.05, 0) is 36.5 Å². The standard InChI is InChI=1S/C36H40ClN3O7/c1-22(2)19-24(21-41)40-32-34(44)39(26-14-9-8-13-25(26)37)18-10-4-7-15-29(42)38-20-28(23-11-5-3-6-12-23)46-35(45)30-27-16-17-36(32,47-27)31(30)33(40)43/h3-6,8-14,16-17,22,24,27-28,30-32,41H,7,15,18-21H2,1-2H3,(H,38,42)/b10-4-/t24-,27-,28-,30+,31+,32-,36+/m1/s1. The average Bonchev–Trinajstić information content (AvgIpc) is 3.71. The summed E-state index contributed by atoms with van der Waals surface area (Å²) in [7, 11) is 0. The molecule has 2 aromatic carbocycles. The van der Waals surface area contributed by atoms with Crippen molar-refractivity contribution < 1.29 is 33.8 Å². The van der Waals surface area contributed by atoms with Crippen molar-refractivity contribution in [3.63, 3.8) is 0 Å². The smallest absolute Gasteiger partial charge is 0.313 e. The second-order valence-corrected chi connectivity index (χ2v) is 13.4. The van der Waals surface area contributed by atoms with Gasteiger partial charge in [-0.15, -0.1) is 0 Å². The first-order valence-electron chi connectivity index (χ1n) is 16.2. The summed E-state index contributed by atoms with van der Waals surface area (Å²) in [6.45, 7) is 3.74. The summed E-state index contributed by atoms with van der Waals surface area (Å²) in [6, 6.07) is 14.2. The van der Waals surface area contributed by atoms with Crippen LogP contribution in [0.1, 0.15) is 44.8 Å². The normalized spacial score (nSPS) is 30.8. The summed E-state index contributed by atoms with van der Waals surface area (Å²) < 4.78 is 12.6. The number of hydrogen-bond donors (Lipinski definition) is 2. The Labute approximate surface area is 279 Å². The monoisotopic (exact) mass is 661 g/mol. The fraction of sp³-hybridized carbons (Fsp3) is 0.444. The molecule has 2 aromatic rings. The van der Waals surface area contributed by atoms with E-state index in [0.29, 0.717) is 29.1 Å². The third-order valence-electron chi connectivity index (χ3n) is 9.48. The number of anilines is 1. The molecule has 4 aliphatic heterocycles. The first-order valence-corrected chi connectivity index (χ1v) is 16.6. The van der Waals surface area contributed by atoms with Gasteiger partial charge < -0.3 is 29.7 Å². The summed E-state index contributed by atoms with van der Waals surface area (Å²) in [5.74, 6) is -3.79. The summed E-state index contributed by atoms with van der Waals surface area (Å²) in [4.78, 5) is 59.5. The molecule has 11 heteroatoms. The Morgan fingerprint density at radius 1 is 1.02 bits per heavy atom. The zero-order chi connectivity index (χ0) is 33.3. The van der Waals surface area contributed by atoms with Gasteiger partial charge in [-0.1, -0.05) is 92.2 Å². The predicted molar refractivity (Wildman–Crippen MR) is 175 cm³/mol. The van der Waals surface area contributed by atoms with Crippen LogP contribution in [-0.4, -0.2) is 77.2 Å². The molecule has 7 atom stereocenters. The van der Waals surface area contributed by atoms with Gasteiger partial charge in [-0.3, -0.25) is 19.2 Å². The highest BCUT2D eigenvalue weighted by atomic mass is 35.5. The Balaban J connectivity index is 1.47. The van der Waals surface area contributed by atoms with Crippen molar-refractivity contribution in [1.29, 1.82) is 0 Å². The number of benzene rings is 2. The maximum Gasteiger partial charge on any atom is 0.313 e. The molecule has 0 unspecified atom stereocenters. The number of hydrogen-bond acceptors (Lipinski definition) is 7. The number of allylic oxidation sites excluding steroid dienone is 1. The number of rotatable bonds is 6. The Hall–Kier alpha value is -3.99. The SMILES string of the molecule is CC(C)C[C@H](CO)N1C(=O)[C@@H]2[C@H]3C(=O)O[C@@H](c4ccccc4)CNC(=O)CC/C=C\CN(c4ccccc4Cl)C(=O)[C@@H]1[C@]21C=C[C@H]3O1. The lowest BCUT2D eigenvalue weighted by atomic mass is 9.74. The molecular formula is C36H40ClN3O7. The van der Waals surface area contributed by atoms with Crippen LogP contribution in [0.15, 0.2) is 78.9 Å². The van der Waals surface area contributed by atoms with E-state index in [4.69, 9.17) is 21.1 Å². The van der Waals surface area contributed by atoms with Crippen LogP contribution >= 0.6 is 11.6 Å². The molecule has 0 aromatic heterocycles. The molecule has 0 saturated carbocycles. The lowest BCUT2D eigenvalue weighted by molar-refractivity contribution is -0.160. The van der Waals surface area contributed by atoms with E-state index in [1.54, 1.807) is 42.5 Å². The minimum absolute atomic E-state index is 0.0463. The highest BCUT2D eigenvalue weighted by molar-refractivity contribution is 6.34. The number of carbonyl (C=O) groups excluding carboxylic acids is 4. The molecule has 10 nitrogen and oxygen atoms in total. The van der Waals surface area contributed by atoms with Crippen molar-refractivity contribution in [2.24, 2.45) is 17.8 Å². The minimum Gasteiger partial charge on any atom is -0.455 e. The van der Waals surface area contributed by atoms with Crippen LogP contribution in [-0.2, 0) is 28.7 Å².